The van der Waals surface area contributed by atoms with E-state index in [2.05, 4.69) is 41.9 Å². The minimum Gasteiger partial charge on any atom is -0.301 e. The van der Waals surface area contributed by atoms with Crippen molar-refractivity contribution in [1.29, 1.82) is 0 Å². The predicted molar refractivity (Wildman–Crippen MR) is 82.0 cm³/mol. The van der Waals surface area contributed by atoms with Gasteiger partial charge in [-0.3, -0.25) is 9.67 Å². The molecular weight excluding hydrogens is 272 g/mol. The molecular formula is C15H21ClN4. The van der Waals surface area contributed by atoms with Crippen LogP contribution in [0.25, 0.3) is 0 Å². The van der Waals surface area contributed by atoms with E-state index in [4.69, 9.17) is 11.6 Å². The maximum Gasteiger partial charge on any atom is 0.0785 e. The second-order valence-electron chi connectivity index (χ2n) is 5.28. The summed E-state index contributed by atoms with van der Waals surface area (Å²) < 4.78 is 1.87. The maximum absolute atomic E-state index is 5.86. The number of aryl methyl sites for hydroxylation is 1. The number of likely N-dealkylation sites (N-methyl/N-ethyl adjacent to an activating group) is 1. The van der Waals surface area contributed by atoms with Gasteiger partial charge in [0.25, 0.3) is 0 Å². The highest BCUT2D eigenvalue weighted by Gasteiger charge is 2.11. The van der Waals surface area contributed by atoms with Crippen molar-refractivity contribution in [2.45, 2.75) is 32.9 Å². The highest BCUT2D eigenvalue weighted by molar-refractivity contribution is 6.30. The number of hydrogen-bond donors (Lipinski definition) is 0. The fourth-order valence-electron chi connectivity index (χ4n) is 2.11. The molecule has 108 valence electrons. The van der Waals surface area contributed by atoms with Gasteiger partial charge in [0, 0.05) is 37.1 Å². The molecule has 0 unspecified atom stereocenters. The molecule has 1 atom stereocenters. The highest BCUT2D eigenvalue weighted by atomic mass is 35.5. The minimum atomic E-state index is 0.440. The Morgan fingerprint density at radius 3 is 2.90 bits per heavy atom. The van der Waals surface area contributed by atoms with Crippen molar-refractivity contribution in [2.75, 3.05) is 13.6 Å². The van der Waals surface area contributed by atoms with Gasteiger partial charge in [0.2, 0.25) is 0 Å². The Bertz CT molecular complexity index is 552. The van der Waals surface area contributed by atoms with E-state index in [0.717, 1.165) is 25.2 Å². The Hall–Kier alpha value is -1.39. The zero-order valence-electron chi connectivity index (χ0n) is 12.3. The predicted octanol–water partition coefficient (Wildman–Crippen LogP) is 2.80. The Labute approximate surface area is 125 Å². The third-order valence-corrected chi connectivity index (χ3v) is 3.71. The summed E-state index contributed by atoms with van der Waals surface area (Å²) in [6, 6.07) is 4.62. The molecule has 0 aliphatic carbocycles. The SMILES string of the molecule is Cc1ccnc(C[C@H](C)N(C)CCn2cc(Cl)cn2)c1. The van der Waals surface area contributed by atoms with Crippen LogP contribution in [0.4, 0.5) is 0 Å². The number of hydrogen-bond acceptors (Lipinski definition) is 3. The monoisotopic (exact) mass is 292 g/mol. The molecule has 0 saturated heterocycles. The van der Waals surface area contributed by atoms with E-state index >= 15 is 0 Å². The van der Waals surface area contributed by atoms with Crippen LogP contribution >= 0.6 is 11.6 Å². The van der Waals surface area contributed by atoms with Gasteiger partial charge in [0.15, 0.2) is 0 Å². The quantitative estimate of drug-likeness (QED) is 0.821. The van der Waals surface area contributed by atoms with Gasteiger partial charge >= 0.3 is 0 Å². The zero-order valence-corrected chi connectivity index (χ0v) is 13.0. The van der Waals surface area contributed by atoms with Crippen molar-refractivity contribution < 1.29 is 0 Å². The van der Waals surface area contributed by atoms with Crippen LogP contribution in [0.3, 0.4) is 0 Å². The first-order valence-electron chi connectivity index (χ1n) is 6.84. The van der Waals surface area contributed by atoms with E-state index in [1.165, 1.54) is 5.56 Å². The van der Waals surface area contributed by atoms with Crippen LogP contribution in [0.15, 0.2) is 30.7 Å². The molecule has 0 amide bonds. The summed E-state index contributed by atoms with van der Waals surface area (Å²) in [7, 11) is 2.13. The number of pyridine rings is 1. The summed E-state index contributed by atoms with van der Waals surface area (Å²) in [5.41, 5.74) is 2.41. The molecule has 20 heavy (non-hydrogen) atoms. The van der Waals surface area contributed by atoms with E-state index in [9.17, 15) is 0 Å². The van der Waals surface area contributed by atoms with Crippen molar-refractivity contribution in [3.63, 3.8) is 0 Å². The summed E-state index contributed by atoms with van der Waals surface area (Å²) in [5, 5.41) is 4.87. The molecule has 0 spiro atoms. The highest BCUT2D eigenvalue weighted by Crippen LogP contribution is 2.08. The fourth-order valence-corrected chi connectivity index (χ4v) is 2.27. The first kappa shape index (κ1) is 15.0. The molecule has 0 aliphatic rings. The second kappa shape index (κ2) is 6.86. The topological polar surface area (TPSA) is 34.0 Å². The Balaban J connectivity index is 1.84. The summed E-state index contributed by atoms with van der Waals surface area (Å²) in [4.78, 5) is 6.74. The lowest BCUT2D eigenvalue weighted by Gasteiger charge is -2.24. The number of nitrogens with zero attached hydrogens (tertiary/aromatic N) is 4. The van der Waals surface area contributed by atoms with Gasteiger partial charge in [-0.05, 0) is 38.6 Å². The van der Waals surface area contributed by atoms with Crippen LogP contribution in [0.2, 0.25) is 5.02 Å². The molecule has 5 heteroatoms. The minimum absolute atomic E-state index is 0.440. The van der Waals surface area contributed by atoms with E-state index in [-0.39, 0.29) is 0 Å². The number of halogens is 1. The average molecular weight is 293 g/mol. The van der Waals surface area contributed by atoms with Gasteiger partial charge in [-0.15, -0.1) is 0 Å². The smallest absolute Gasteiger partial charge is 0.0785 e. The molecule has 0 radical (unpaired) electrons. The van der Waals surface area contributed by atoms with E-state index in [0.29, 0.717) is 11.1 Å². The molecule has 4 nitrogen and oxygen atoms in total. The van der Waals surface area contributed by atoms with Crippen molar-refractivity contribution in [1.82, 2.24) is 19.7 Å². The summed E-state index contributed by atoms with van der Waals surface area (Å²) in [6.07, 6.45) is 6.35. The third kappa shape index (κ3) is 4.32. The van der Waals surface area contributed by atoms with Gasteiger partial charge in [-0.2, -0.15) is 5.10 Å². The van der Waals surface area contributed by atoms with Crippen molar-refractivity contribution in [3.05, 3.63) is 47.0 Å². The van der Waals surface area contributed by atoms with Crippen molar-refractivity contribution in [3.8, 4) is 0 Å². The maximum atomic E-state index is 5.86. The van der Waals surface area contributed by atoms with Crippen LogP contribution in [0.1, 0.15) is 18.2 Å². The molecule has 0 bridgehead atoms. The van der Waals surface area contributed by atoms with E-state index in [1.807, 2.05) is 23.1 Å². The molecule has 2 heterocycles. The van der Waals surface area contributed by atoms with Crippen molar-refractivity contribution >= 4 is 11.6 Å². The first-order chi connectivity index (χ1) is 9.54. The van der Waals surface area contributed by atoms with E-state index in [1.54, 1.807) is 6.20 Å². The first-order valence-corrected chi connectivity index (χ1v) is 7.22. The molecule has 0 aliphatic heterocycles. The lowest BCUT2D eigenvalue weighted by molar-refractivity contribution is 0.241. The molecule has 0 fully saturated rings. The van der Waals surface area contributed by atoms with E-state index < -0.39 is 0 Å². The van der Waals surface area contributed by atoms with Crippen LogP contribution in [0.5, 0.6) is 0 Å². The lowest BCUT2D eigenvalue weighted by atomic mass is 10.1. The molecule has 0 aromatic carbocycles. The fraction of sp³-hybridized carbons (Fsp3) is 0.467. The van der Waals surface area contributed by atoms with Crippen molar-refractivity contribution in [2.24, 2.45) is 0 Å². The summed E-state index contributed by atoms with van der Waals surface area (Å²) in [6.45, 7) is 6.10. The summed E-state index contributed by atoms with van der Waals surface area (Å²) >= 11 is 5.86. The molecule has 0 saturated carbocycles. The largest absolute Gasteiger partial charge is 0.301 e. The summed E-state index contributed by atoms with van der Waals surface area (Å²) in [5.74, 6) is 0. The normalized spacial score (nSPS) is 12.8. The number of rotatable bonds is 6. The van der Waals surface area contributed by atoms with Crippen LogP contribution in [0, 0.1) is 6.92 Å². The van der Waals surface area contributed by atoms with Gasteiger partial charge in [-0.25, -0.2) is 0 Å². The Morgan fingerprint density at radius 2 is 2.25 bits per heavy atom. The molecule has 2 aromatic rings. The third-order valence-electron chi connectivity index (χ3n) is 3.51. The van der Waals surface area contributed by atoms with Gasteiger partial charge in [0.05, 0.1) is 17.8 Å². The standard InChI is InChI=1S/C15H21ClN4/c1-12-4-5-17-15(8-12)9-13(2)19(3)6-7-20-11-14(16)10-18-20/h4-5,8,10-11,13H,6-7,9H2,1-3H3/t13-/m0/s1. The Morgan fingerprint density at radius 1 is 1.45 bits per heavy atom. The van der Waals surface area contributed by atoms with Crippen LogP contribution in [-0.4, -0.2) is 39.3 Å². The van der Waals surface area contributed by atoms with Crippen LogP contribution in [-0.2, 0) is 13.0 Å². The average Bonchev–Trinajstić information content (AvgIpc) is 2.81. The van der Waals surface area contributed by atoms with Gasteiger partial charge < -0.3 is 4.90 Å². The zero-order chi connectivity index (χ0) is 14.5. The van der Waals surface area contributed by atoms with Crippen LogP contribution < -0.4 is 0 Å². The number of aromatic nitrogens is 3. The van der Waals surface area contributed by atoms with Gasteiger partial charge in [-0.1, -0.05) is 11.6 Å². The van der Waals surface area contributed by atoms with Gasteiger partial charge in [0.1, 0.15) is 0 Å². The lowest BCUT2D eigenvalue weighted by Crippen LogP contribution is -2.33. The molecule has 0 N–H and O–H groups in total. The molecule has 2 aromatic heterocycles. The molecule has 2 rings (SSSR count). The Kier molecular flexibility index (Phi) is 5.15. The second-order valence-corrected chi connectivity index (χ2v) is 5.72.